The normalized spacial score (nSPS) is 25.2. The van der Waals surface area contributed by atoms with Crippen molar-refractivity contribution in [3.63, 3.8) is 0 Å². The molecule has 1 aliphatic heterocycles. The summed E-state index contributed by atoms with van der Waals surface area (Å²) in [4.78, 5) is 13.7. The minimum Gasteiger partial charge on any atom is -0.367 e. The summed E-state index contributed by atoms with van der Waals surface area (Å²) >= 11 is 0. The number of ether oxygens (including phenoxy) is 1. The molecular formula is C14H19FN2O2. The SMILES string of the molecule is CC1CN(C(=O)[C@@H](C)N)CC(c2ccc(F)cc2)O1. The van der Waals surface area contributed by atoms with E-state index in [1.54, 1.807) is 24.0 Å². The van der Waals surface area contributed by atoms with Gasteiger partial charge in [-0.1, -0.05) is 12.1 Å². The van der Waals surface area contributed by atoms with E-state index in [9.17, 15) is 9.18 Å². The van der Waals surface area contributed by atoms with Crippen LogP contribution in [0, 0.1) is 5.82 Å². The molecule has 2 rings (SSSR count). The summed E-state index contributed by atoms with van der Waals surface area (Å²) in [7, 11) is 0. The van der Waals surface area contributed by atoms with Crippen LogP contribution >= 0.6 is 0 Å². The summed E-state index contributed by atoms with van der Waals surface area (Å²) in [6.45, 7) is 4.58. The monoisotopic (exact) mass is 266 g/mol. The predicted octanol–water partition coefficient (Wildman–Crippen LogP) is 1.46. The van der Waals surface area contributed by atoms with Gasteiger partial charge in [0.2, 0.25) is 5.91 Å². The van der Waals surface area contributed by atoms with Crippen LogP contribution in [0.25, 0.3) is 0 Å². The lowest BCUT2D eigenvalue weighted by molar-refractivity contribution is -0.145. The summed E-state index contributed by atoms with van der Waals surface area (Å²) in [6.07, 6.45) is -0.293. The first-order valence-electron chi connectivity index (χ1n) is 6.42. The second kappa shape index (κ2) is 5.67. The number of carbonyl (C=O) groups excluding carboxylic acids is 1. The van der Waals surface area contributed by atoms with Crippen LogP contribution in [-0.2, 0) is 9.53 Å². The van der Waals surface area contributed by atoms with Crippen molar-refractivity contribution in [2.24, 2.45) is 5.73 Å². The van der Waals surface area contributed by atoms with Crippen LogP contribution in [0.3, 0.4) is 0 Å². The van der Waals surface area contributed by atoms with Crippen LogP contribution in [0.5, 0.6) is 0 Å². The molecule has 4 nitrogen and oxygen atoms in total. The highest BCUT2D eigenvalue weighted by Gasteiger charge is 2.30. The Bertz CT molecular complexity index is 447. The van der Waals surface area contributed by atoms with Crippen molar-refractivity contribution in [2.75, 3.05) is 13.1 Å². The van der Waals surface area contributed by atoms with Gasteiger partial charge in [0.25, 0.3) is 0 Å². The first-order chi connectivity index (χ1) is 8.97. The third-order valence-corrected chi connectivity index (χ3v) is 3.20. The maximum atomic E-state index is 12.9. The molecule has 1 aliphatic rings. The first-order valence-corrected chi connectivity index (χ1v) is 6.42. The van der Waals surface area contributed by atoms with E-state index in [1.807, 2.05) is 6.92 Å². The largest absolute Gasteiger partial charge is 0.367 e. The molecule has 1 fully saturated rings. The van der Waals surface area contributed by atoms with Crippen molar-refractivity contribution in [3.8, 4) is 0 Å². The molecule has 104 valence electrons. The van der Waals surface area contributed by atoms with Crippen LogP contribution in [0.2, 0.25) is 0 Å². The Morgan fingerprint density at radius 3 is 2.63 bits per heavy atom. The Hall–Kier alpha value is -1.46. The highest BCUT2D eigenvalue weighted by molar-refractivity contribution is 5.81. The lowest BCUT2D eigenvalue weighted by Crippen LogP contribution is -2.50. The van der Waals surface area contributed by atoms with Crippen LogP contribution < -0.4 is 5.73 Å². The molecule has 19 heavy (non-hydrogen) atoms. The molecular weight excluding hydrogens is 247 g/mol. The van der Waals surface area contributed by atoms with Gasteiger partial charge in [0.05, 0.1) is 18.7 Å². The van der Waals surface area contributed by atoms with Crippen molar-refractivity contribution in [1.29, 1.82) is 0 Å². The van der Waals surface area contributed by atoms with E-state index in [-0.39, 0.29) is 23.9 Å². The highest BCUT2D eigenvalue weighted by atomic mass is 19.1. The maximum absolute atomic E-state index is 12.9. The van der Waals surface area contributed by atoms with Crippen LogP contribution in [0.4, 0.5) is 4.39 Å². The molecule has 1 aromatic carbocycles. The lowest BCUT2D eigenvalue weighted by Gasteiger charge is -2.37. The van der Waals surface area contributed by atoms with Crippen molar-refractivity contribution in [3.05, 3.63) is 35.6 Å². The van der Waals surface area contributed by atoms with Crippen LogP contribution in [-0.4, -0.2) is 36.0 Å². The number of amides is 1. The minimum atomic E-state index is -0.515. The fraction of sp³-hybridized carbons (Fsp3) is 0.500. The molecule has 0 radical (unpaired) electrons. The summed E-state index contributed by atoms with van der Waals surface area (Å²) < 4.78 is 18.7. The lowest BCUT2D eigenvalue weighted by atomic mass is 10.1. The molecule has 2 unspecified atom stereocenters. The highest BCUT2D eigenvalue weighted by Crippen LogP contribution is 2.25. The zero-order valence-corrected chi connectivity index (χ0v) is 11.2. The molecule has 0 spiro atoms. The maximum Gasteiger partial charge on any atom is 0.239 e. The van der Waals surface area contributed by atoms with Crippen LogP contribution in [0.15, 0.2) is 24.3 Å². The van der Waals surface area contributed by atoms with Crippen molar-refractivity contribution < 1.29 is 13.9 Å². The fourth-order valence-electron chi connectivity index (χ4n) is 2.28. The number of hydrogen-bond acceptors (Lipinski definition) is 3. The number of hydrogen-bond donors (Lipinski definition) is 1. The van der Waals surface area contributed by atoms with Crippen molar-refractivity contribution in [2.45, 2.75) is 32.1 Å². The summed E-state index contributed by atoms with van der Waals surface area (Å²) in [5, 5.41) is 0. The fourth-order valence-corrected chi connectivity index (χ4v) is 2.28. The van der Waals surface area contributed by atoms with E-state index in [0.29, 0.717) is 13.1 Å². The van der Waals surface area contributed by atoms with Gasteiger partial charge >= 0.3 is 0 Å². The molecule has 2 N–H and O–H groups in total. The van der Waals surface area contributed by atoms with Gasteiger partial charge in [-0.25, -0.2) is 4.39 Å². The summed E-state index contributed by atoms with van der Waals surface area (Å²) in [6, 6.07) is 5.66. The van der Waals surface area contributed by atoms with E-state index in [4.69, 9.17) is 10.5 Å². The van der Waals surface area contributed by atoms with Gasteiger partial charge in [-0.15, -0.1) is 0 Å². The van der Waals surface area contributed by atoms with E-state index in [2.05, 4.69) is 0 Å². The minimum absolute atomic E-state index is 0.0634. The number of halogens is 1. The van der Waals surface area contributed by atoms with E-state index >= 15 is 0 Å². The number of morpholine rings is 1. The second-order valence-corrected chi connectivity index (χ2v) is 5.02. The third kappa shape index (κ3) is 3.30. The number of nitrogens with two attached hydrogens (primary N) is 1. The third-order valence-electron chi connectivity index (χ3n) is 3.20. The number of benzene rings is 1. The predicted molar refractivity (Wildman–Crippen MR) is 69.9 cm³/mol. The van der Waals surface area contributed by atoms with Crippen molar-refractivity contribution >= 4 is 5.91 Å². The van der Waals surface area contributed by atoms with Gasteiger partial charge in [0.15, 0.2) is 0 Å². The summed E-state index contributed by atoms with van der Waals surface area (Å²) in [5.74, 6) is -0.363. The smallest absolute Gasteiger partial charge is 0.239 e. The Balaban J connectivity index is 2.13. The van der Waals surface area contributed by atoms with Gasteiger partial charge in [0, 0.05) is 6.54 Å². The van der Waals surface area contributed by atoms with Gasteiger partial charge in [0.1, 0.15) is 11.9 Å². The van der Waals surface area contributed by atoms with E-state index in [0.717, 1.165) is 5.56 Å². The molecule has 1 amide bonds. The van der Waals surface area contributed by atoms with Crippen molar-refractivity contribution in [1.82, 2.24) is 4.90 Å². The zero-order chi connectivity index (χ0) is 14.0. The molecule has 0 aromatic heterocycles. The first kappa shape index (κ1) is 14.0. The standard InChI is InChI=1S/C14H19FN2O2/c1-9-7-17(14(18)10(2)16)8-13(19-9)11-3-5-12(15)6-4-11/h3-6,9-10,13H,7-8,16H2,1-2H3/t9?,10-,13?/m1/s1. The number of nitrogens with zero attached hydrogens (tertiary/aromatic N) is 1. The Labute approximate surface area is 112 Å². The molecule has 0 aliphatic carbocycles. The molecule has 1 heterocycles. The molecule has 1 aromatic rings. The average Bonchev–Trinajstić information content (AvgIpc) is 2.37. The Morgan fingerprint density at radius 2 is 2.05 bits per heavy atom. The van der Waals surface area contributed by atoms with E-state index in [1.165, 1.54) is 12.1 Å². The number of rotatable bonds is 2. The van der Waals surface area contributed by atoms with Gasteiger partial charge in [-0.3, -0.25) is 4.79 Å². The van der Waals surface area contributed by atoms with Gasteiger partial charge in [-0.05, 0) is 31.5 Å². The summed E-state index contributed by atoms with van der Waals surface area (Å²) in [5.41, 5.74) is 6.51. The Morgan fingerprint density at radius 1 is 1.42 bits per heavy atom. The van der Waals surface area contributed by atoms with Gasteiger partial charge < -0.3 is 15.4 Å². The quantitative estimate of drug-likeness (QED) is 0.881. The molecule has 1 saturated heterocycles. The number of carbonyl (C=O) groups is 1. The zero-order valence-electron chi connectivity index (χ0n) is 11.2. The average molecular weight is 266 g/mol. The molecule has 5 heteroatoms. The molecule has 0 bridgehead atoms. The molecule has 0 saturated carbocycles. The van der Waals surface area contributed by atoms with Gasteiger partial charge in [-0.2, -0.15) is 0 Å². The van der Waals surface area contributed by atoms with Crippen LogP contribution in [0.1, 0.15) is 25.5 Å². The van der Waals surface area contributed by atoms with E-state index < -0.39 is 6.04 Å². The Kier molecular flexibility index (Phi) is 4.17. The molecule has 3 atom stereocenters. The topological polar surface area (TPSA) is 55.6 Å². The second-order valence-electron chi connectivity index (χ2n) is 5.02.